The Morgan fingerprint density at radius 3 is 2.76 bits per heavy atom. The van der Waals surface area contributed by atoms with Crippen LogP contribution in [0.25, 0.3) is 0 Å². The number of amides is 1. The van der Waals surface area contributed by atoms with Gasteiger partial charge in [0.1, 0.15) is 6.54 Å². The lowest BCUT2D eigenvalue weighted by molar-refractivity contribution is -0.132. The van der Waals surface area contributed by atoms with Crippen LogP contribution >= 0.6 is 0 Å². The van der Waals surface area contributed by atoms with E-state index in [0.29, 0.717) is 6.54 Å². The van der Waals surface area contributed by atoms with Crippen molar-refractivity contribution in [1.82, 2.24) is 25.2 Å². The number of nitrogens with one attached hydrogen (secondary N) is 1. The molecule has 2 aromatic rings. The minimum absolute atomic E-state index is 0.00672. The summed E-state index contributed by atoms with van der Waals surface area (Å²) in [7, 11) is 3.66. The van der Waals surface area contributed by atoms with E-state index in [0.717, 1.165) is 11.3 Å². The molecule has 112 valence electrons. The lowest BCUT2D eigenvalue weighted by Gasteiger charge is -2.25. The van der Waals surface area contributed by atoms with Gasteiger partial charge in [-0.1, -0.05) is 35.5 Å². The summed E-state index contributed by atoms with van der Waals surface area (Å²) in [5.41, 5.74) is 1.94. The van der Waals surface area contributed by atoms with Crippen molar-refractivity contribution >= 4 is 5.91 Å². The molecule has 1 aromatic carbocycles. The maximum absolute atomic E-state index is 12.3. The molecule has 2 rings (SSSR count). The third-order valence-corrected chi connectivity index (χ3v) is 3.50. The minimum atomic E-state index is 0.00672. The van der Waals surface area contributed by atoms with Crippen molar-refractivity contribution < 1.29 is 4.79 Å². The zero-order valence-corrected chi connectivity index (χ0v) is 12.7. The zero-order chi connectivity index (χ0) is 15.2. The molecule has 0 saturated heterocycles. The molecule has 0 spiro atoms. The first-order chi connectivity index (χ1) is 10.1. The Kier molecular flexibility index (Phi) is 5.05. The lowest BCUT2D eigenvalue weighted by atomic mass is 10.1. The van der Waals surface area contributed by atoms with Gasteiger partial charge >= 0.3 is 0 Å². The largest absolute Gasteiger partial charge is 0.337 e. The van der Waals surface area contributed by atoms with E-state index in [-0.39, 0.29) is 18.5 Å². The molecule has 0 aliphatic rings. The van der Waals surface area contributed by atoms with Crippen LogP contribution in [0, 0.1) is 0 Å². The number of rotatable bonds is 6. The van der Waals surface area contributed by atoms with Crippen molar-refractivity contribution in [2.45, 2.75) is 26.1 Å². The van der Waals surface area contributed by atoms with Gasteiger partial charge in [-0.15, -0.1) is 5.10 Å². The van der Waals surface area contributed by atoms with Gasteiger partial charge in [-0.25, -0.2) is 4.68 Å². The second-order valence-corrected chi connectivity index (χ2v) is 5.03. The number of nitrogens with zero attached hydrogens (tertiary/aromatic N) is 4. The SMILES string of the molecule is CNCc1cn(CC(=O)N(C)C(C)c2ccccc2)nn1. The molecule has 0 radical (unpaired) electrons. The highest BCUT2D eigenvalue weighted by atomic mass is 16.2. The predicted molar refractivity (Wildman–Crippen MR) is 80.4 cm³/mol. The highest BCUT2D eigenvalue weighted by Gasteiger charge is 2.18. The molecule has 1 atom stereocenters. The first-order valence-electron chi connectivity index (χ1n) is 6.96. The van der Waals surface area contributed by atoms with Crippen LogP contribution in [0.15, 0.2) is 36.5 Å². The van der Waals surface area contributed by atoms with Gasteiger partial charge in [0.05, 0.1) is 17.9 Å². The van der Waals surface area contributed by atoms with Gasteiger partial charge in [0.2, 0.25) is 5.91 Å². The number of hydrogen-bond donors (Lipinski definition) is 1. The van der Waals surface area contributed by atoms with Crippen LogP contribution in [0.3, 0.4) is 0 Å². The van der Waals surface area contributed by atoms with E-state index in [1.807, 2.05) is 51.4 Å². The third kappa shape index (κ3) is 3.88. The molecule has 6 nitrogen and oxygen atoms in total. The molecule has 1 amide bonds. The second-order valence-electron chi connectivity index (χ2n) is 5.03. The van der Waals surface area contributed by atoms with E-state index in [4.69, 9.17) is 0 Å². The van der Waals surface area contributed by atoms with Crippen molar-refractivity contribution in [1.29, 1.82) is 0 Å². The zero-order valence-electron chi connectivity index (χ0n) is 12.7. The summed E-state index contributed by atoms with van der Waals surface area (Å²) in [4.78, 5) is 14.0. The molecule has 1 aromatic heterocycles. The number of hydrogen-bond acceptors (Lipinski definition) is 4. The fraction of sp³-hybridized carbons (Fsp3) is 0.400. The van der Waals surface area contributed by atoms with Crippen LogP contribution in [0.4, 0.5) is 0 Å². The number of carbonyl (C=O) groups is 1. The van der Waals surface area contributed by atoms with Crippen LogP contribution < -0.4 is 5.32 Å². The van der Waals surface area contributed by atoms with Crippen molar-refractivity contribution in [2.24, 2.45) is 0 Å². The Bertz CT molecular complexity index is 581. The third-order valence-electron chi connectivity index (χ3n) is 3.50. The van der Waals surface area contributed by atoms with E-state index in [9.17, 15) is 4.79 Å². The maximum atomic E-state index is 12.3. The average molecular weight is 287 g/mol. The highest BCUT2D eigenvalue weighted by molar-refractivity contribution is 5.76. The fourth-order valence-electron chi connectivity index (χ4n) is 2.10. The minimum Gasteiger partial charge on any atom is -0.337 e. The molecule has 0 fully saturated rings. The van der Waals surface area contributed by atoms with Gasteiger partial charge in [-0.05, 0) is 19.5 Å². The van der Waals surface area contributed by atoms with Crippen LogP contribution in [-0.2, 0) is 17.9 Å². The van der Waals surface area contributed by atoms with Gasteiger partial charge in [-0.2, -0.15) is 0 Å². The number of carbonyl (C=O) groups excluding carboxylic acids is 1. The van der Waals surface area contributed by atoms with Crippen molar-refractivity contribution in [3.8, 4) is 0 Å². The van der Waals surface area contributed by atoms with Crippen LogP contribution in [0.5, 0.6) is 0 Å². The fourth-order valence-corrected chi connectivity index (χ4v) is 2.10. The molecule has 0 bridgehead atoms. The molecule has 0 aliphatic carbocycles. The lowest BCUT2D eigenvalue weighted by Crippen LogP contribution is -2.32. The Balaban J connectivity index is 1.98. The summed E-state index contributed by atoms with van der Waals surface area (Å²) in [6.45, 7) is 2.86. The van der Waals surface area contributed by atoms with Gasteiger partial charge in [-0.3, -0.25) is 4.79 Å². The monoisotopic (exact) mass is 287 g/mol. The summed E-state index contributed by atoms with van der Waals surface area (Å²) in [5.74, 6) is 0.00672. The van der Waals surface area contributed by atoms with Gasteiger partial charge < -0.3 is 10.2 Å². The highest BCUT2D eigenvalue weighted by Crippen LogP contribution is 2.18. The molecular weight excluding hydrogens is 266 g/mol. The van der Waals surface area contributed by atoms with Crippen LogP contribution in [0.2, 0.25) is 0 Å². The van der Waals surface area contributed by atoms with Crippen molar-refractivity contribution in [3.05, 3.63) is 47.8 Å². The van der Waals surface area contributed by atoms with E-state index in [1.165, 1.54) is 0 Å². The van der Waals surface area contributed by atoms with Crippen LogP contribution in [0.1, 0.15) is 24.2 Å². The summed E-state index contributed by atoms with van der Waals surface area (Å²) in [5, 5.41) is 11.0. The molecule has 21 heavy (non-hydrogen) atoms. The summed E-state index contributed by atoms with van der Waals surface area (Å²) in [6, 6.07) is 10.00. The second kappa shape index (κ2) is 6.99. The molecule has 1 heterocycles. The van der Waals surface area contributed by atoms with Gasteiger partial charge in [0.15, 0.2) is 0 Å². The Morgan fingerprint density at radius 1 is 1.38 bits per heavy atom. The van der Waals surface area contributed by atoms with E-state index >= 15 is 0 Å². The number of benzene rings is 1. The molecule has 6 heteroatoms. The molecular formula is C15H21N5O. The van der Waals surface area contributed by atoms with Crippen molar-refractivity contribution in [2.75, 3.05) is 14.1 Å². The summed E-state index contributed by atoms with van der Waals surface area (Å²) in [6.07, 6.45) is 1.79. The smallest absolute Gasteiger partial charge is 0.244 e. The summed E-state index contributed by atoms with van der Waals surface area (Å²) >= 11 is 0. The summed E-state index contributed by atoms with van der Waals surface area (Å²) < 4.78 is 1.57. The molecule has 0 saturated carbocycles. The molecule has 1 unspecified atom stereocenters. The first-order valence-corrected chi connectivity index (χ1v) is 6.96. The normalized spacial score (nSPS) is 12.1. The Hall–Kier alpha value is -2.21. The predicted octanol–water partition coefficient (Wildman–Crippen LogP) is 1.22. The number of aromatic nitrogens is 3. The average Bonchev–Trinajstić information content (AvgIpc) is 2.94. The van der Waals surface area contributed by atoms with Crippen LogP contribution in [-0.4, -0.2) is 39.9 Å². The maximum Gasteiger partial charge on any atom is 0.244 e. The van der Waals surface area contributed by atoms with Gasteiger partial charge in [0.25, 0.3) is 0 Å². The first kappa shape index (κ1) is 15.2. The quantitative estimate of drug-likeness (QED) is 0.867. The Morgan fingerprint density at radius 2 is 2.10 bits per heavy atom. The van der Waals surface area contributed by atoms with E-state index in [1.54, 1.807) is 15.8 Å². The molecule has 0 aliphatic heterocycles. The van der Waals surface area contributed by atoms with E-state index < -0.39 is 0 Å². The van der Waals surface area contributed by atoms with Crippen molar-refractivity contribution in [3.63, 3.8) is 0 Å². The molecule has 1 N–H and O–H groups in total. The standard InChI is InChI=1S/C15H21N5O/c1-12(13-7-5-4-6-8-13)19(3)15(21)11-20-10-14(9-16-2)17-18-20/h4-8,10,12,16H,9,11H2,1-3H3. The Labute approximate surface area is 124 Å². The van der Waals surface area contributed by atoms with Gasteiger partial charge in [0, 0.05) is 13.6 Å². The number of likely N-dealkylation sites (N-methyl/N-ethyl adjacent to an activating group) is 1. The topological polar surface area (TPSA) is 63.1 Å². The van der Waals surface area contributed by atoms with E-state index in [2.05, 4.69) is 15.6 Å².